The lowest BCUT2D eigenvalue weighted by Gasteiger charge is -2.21. The second-order valence-electron chi connectivity index (χ2n) is 3.12. The van der Waals surface area contributed by atoms with E-state index in [-0.39, 0.29) is 0 Å². The van der Waals surface area contributed by atoms with Crippen LogP contribution >= 0.6 is 11.3 Å². The van der Waals surface area contributed by atoms with E-state index in [1.54, 1.807) is 12.3 Å². The van der Waals surface area contributed by atoms with Crippen LogP contribution in [0.25, 0.3) is 0 Å². The number of rotatable bonds is 2. The summed E-state index contributed by atoms with van der Waals surface area (Å²) in [5, 5.41) is 2.59. The molecule has 2 atom stereocenters. The van der Waals surface area contributed by atoms with Crippen LogP contribution in [0, 0.1) is 6.92 Å². The summed E-state index contributed by atoms with van der Waals surface area (Å²) in [6.07, 6.45) is 0. The average molecular weight is 188 g/mol. The number of aromatic nitrogens is 1. The number of aryl methyl sites for hydroxylation is 1. The molecule has 0 amide bonds. The fourth-order valence-electron chi connectivity index (χ4n) is 0.821. The van der Waals surface area contributed by atoms with Crippen molar-refractivity contribution in [3.63, 3.8) is 0 Å². The van der Waals surface area contributed by atoms with E-state index in [0.717, 1.165) is 5.01 Å². The number of alkyl halides is 1. The smallest absolute Gasteiger partial charge is 0.165 e. The van der Waals surface area contributed by atoms with Crippen LogP contribution in [0.3, 0.4) is 0 Å². The van der Waals surface area contributed by atoms with E-state index in [0.29, 0.717) is 5.69 Å². The van der Waals surface area contributed by atoms with Crippen LogP contribution in [0.5, 0.6) is 0 Å². The Morgan fingerprint density at radius 1 is 1.75 bits per heavy atom. The van der Waals surface area contributed by atoms with Crippen molar-refractivity contribution < 1.29 is 4.39 Å². The third-order valence-corrected chi connectivity index (χ3v) is 2.75. The fraction of sp³-hybridized carbons (Fsp3) is 0.625. The highest BCUT2D eigenvalue weighted by molar-refractivity contribution is 7.09. The van der Waals surface area contributed by atoms with Crippen molar-refractivity contribution in [2.75, 3.05) is 0 Å². The lowest BCUT2D eigenvalue weighted by molar-refractivity contribution is 0.152. The maximum atomic E-state index is 13.8. The van der Waals surface area contributed by atoms with E-state index < -0.39 is 11.7 Å². The first-order valence-electron chi connectivity index (χ1n) is 3.81. The Balaban J connectivity index is 2.97. The fourth-order valence-corrected chi connectivity index (χ4v) is 1.54. The Kier molecular flexibility index (Phi) is 2.49. The lowest BCUT2D eigenvalue weighted by Crippen LogP contribution is -2.37. The first-order chi connectivity index (χ1) is 5.44. The van der Waals surface area contributed by atoms with Crippen LogP contribution in [-0.4, -0.2) is 11.0 Å². The standard InChI is InChI=1S/C8H13FN2S/c1-5(10)8(3,9)7-4-12-6(2)11-7/h4-5H,10H2,1-3H3. The van der Waals surface area contributed by atoms with E-state index in [1.165, 1.54) is 18.3 Å². The topological polar surface area (TPSA) is 38.9 Å². The van der Waals surface area contributed by atoms with Crippen molar-refractivity contribution in [3.8, 4) is 0 Å². The van der Waals surface area contributed by atoms with Crippen molar-refractivity contribution in [3.05, 3.63) is 16.1 Å². The molecule has 0 radical (unpaired) electrons. The minimum atomic E-state index is -1.51. The van der Waals surface area contributed by atoms with Gasteiger partial charge in [0.1, 0.15) is 0 Å². The molecule has 0 aliphatic carbocycles. The predicted molar refractivity (Wildman–Crippen MR) is 49.0 cm³/mol. The molecule has 1 heterocycles. The molecule has 1 rings (SSSR count). The zero-order valence-corrected chi connectivity index (χ0v) is 8.28. The lowest BCUT2D eigenvalue weighted by atomic mass is 9.98. The largest absolute Gasteiger partial charge is 0.325 e. The van der Waals surface area contributed by atoms with E-state index in [1.807, 2.05) is 6.92 Å². The normalized spacial score (nSPS) is 18.8. The highest BCUT2D eigenvalue weighted by atomic mass is 32.1. The van der Waals surface area contributed by atoms with Gasteiger partial charge in [0.05, 0.1) is 10.7 Å². The Bertz CT molecular complexity index is 268. The Labute approximate surface area is 75.6 Å². The summed E-state index contributed by atoms with van der Waals surface area (Å²) in [5.41, 5.74) is 4.44. The molecular weight excluding hydrogens is 175 g/mol. The number of hydrogen-bond acceptors (Lipinski definition) is 3. The summed E-state index contributed by atoms with van der Waals surface area (Å²) in [6, 6.07) is -0.529. The van der Waals surface area contributed by atoms with Crippen LogP contribution < -0.4 is 5.73 Å². The van der Waals surface area contributed by atoms with Crippen LogP contribution in [0.4, 0.5) is 4.39 Å². The molecule has 0 aromatic carbocycles. The Morgan fingerprint density at radius 3 is 2.67 bits per heavy atom. The van der Waals surface area contributed by atoms with Crippen molar-refractivity contribution in [2.24, 2.45) is 5.73 Å². The first kappa shape index (κ1) is 9.61. The van der Waals surface area contributed by atoms with Gasteiger partial charge in [-0.3, -0.25) is 0 Å². The Morgan fingerprint density at radius 2 is 2.33 bits per heavy atom. The van der Waals surface area contributed by atoms with Gasteiger partial charge < -0.3 is 5.73 Å². The third kappa shape index (κ3) is 1.64. The van der Waals surface area contributed by atoms with Gasteiger partial charge in [-0.2, -0.15) is 0 Å². The molecule has 0 saturated heterocycles. The molecule has 0 aliphatic rings. The monoisotopic (exact) mass is 188 g/mol. The summed E-state index contributed by atoms with van der Waals surface area (Å²) < 4.78 is 13.8. The van der Waals surface area contributed by atoms with Gasteiger partial charge in [-0.15, -0.1) is 11.3 Å². The number of thiazole rings is 1. The minimum Gasteiger partial charge on any atom is -0.325 e. The average Bonchev–Trinajstić information content (AvgIpc) is 2.35. The first-order valence-corrected chi connectivity index (χ1v) is 4.69. The van der Waals surface area contributed by atoms with Gasteiger partial charge in [0.2, 0.25) is 0 Å². The van der Waals surface area contributed by atoms with Crippen molar-refractivity contribution in [1.29, 1.82) is 0 Å². The highest BCUT2D eigenvalue weighted by Gasteiger charge is 2.32. The van der Waals surface area contributed by atoms with Crippen molar-refractivity contribution in [2.45, 2.75) is 32.5 Å². The van der Waals surface area contributed by atoms with Crippen LogP contribution in [0.1, 0.15) is 24.5 Å². The molecule has 0 fully saturated rings. The van der Waals surface area contributed by atoms with Crippen LogP contribution in [-0.2, 0) is 5.67 Å². The van der Waals surface area contributed by atoms with E-state index in [9.17, 15) is 4.39 Å². The molecule has 0 spiro atoms. The molecule has 2 unspecified atom stereocenters. The molecule has 4 heteroatoms. The zero-order valence-electron chi connectivity index (χ0n) is 7.47. The molecular formula is C8H13FN2S. The molecule has 1 aromatic heterocycles. The zero-order chi connectivity index (χ0) is 9.35. The van der Waals surface area contributed by atoms with Gasteiger partial charge in [0.25, 0.3) is 0 Å². The van der Waals surface area contributed by atoms with Gasteiger partial charge in [0.15, 0.2) is 5.67 Å². The van der Waals surface area contributed by atoms with Crippen molar-refractivity contribution in [1.82, 2.24) is 4.98 Å². The molecule has 2 N–H and O–H groups in total. The second kappa shape index (κ2) is 3.11. The number of halogens is 1. The Hall–Kier alpha value is -0.480. The number of nitrogens with zero attached hydrogens (tertiary/aromatic N) is 1. The van der Waals surface area contributed by atoms with Gasteiger partial charge in [-0.1, -0.05) is 0 Å². The van der Waals surface area contributed by atoms with Crippen LogP contribution in [0.15, 0.2) is 5.38 Å². The summed E-state index contributed by atoms with van der Waals surface area (Å²) in [6.45, 7) is 4.96. The molecule has 2 nitrogen and oxygen atoms in total. The van der Waals surface area contributed by atoms with Crippen molar-refractivity contribution >= 4 is 11.3 Å². The maximum Gasteiger partial charge on any atom is 0.165 e. The maximum absolute atomic E-state index is 13.8. The van der Waals surface area contributed by atoms with Gasteiger partial charge in [-0.25, -0.2) is 9.37 Å². The number of hydrogen-bond donors (Lipinski definition) is 1. The third-order valence-electron chi connectivity index (χ3n) is 1.97. The predicted octanol–water partition coefficient (Wildman–Crippen LogP) is 1.98. The summed E-state index contributed by atoms with van der Waals surface area (Å²) in [4.78, 5) is 4.07. The van der Waals surface area contributed by atoms with Crippen LogP contribution in [0.2, 0.25) is 0 Å². The van der Waals surface area contributed by atoms with E-state index in [2.05, 4.69) is 4.98 Å². The van der Waals surface area contributed by atoms with E-state index >= 15 is 0 Å². The van der Waals surface area contributed by atoms with E-state index in [4.69, 9.17) is 5.73 Å². The molecule has 12 heavy (non-hydrogen) atoms. The summed E-state index contributed by atoms with van der Waals surface area (Å²) >= 11 is 1.44. The molecule has 0 saturated carbocycles. The highest BCUT2D eigenvalue weighted by Crippen LogP contribution is 2.28. The molecule has 1 aromatic rings. The summed E-state index contributed by atoms with van der Waals surface area (Å²) in [5.74, 6) is 0. The quantitative estimate of drug-likeness (QED) is 0.770. The van der Waals surface area contributed by atoms with Gasteiger partial charge in [0, 0.05) is 11.4 Å². The SMILES string of the molecule is Cc1nc(C(C)(F)C(C)N)cs1. The molecule has 68 valence electrons. The van der Waals surface area contributed by atoms with Gasteiger partial charge >= 0.3 is 0 Å². The number of nitrogens with two attached hydrogens (primary N) is 1. The summed E-state index contributed by atoms with van der Waals surface area (Å²) in [7, 11) is 0. The second-order valence-corrected chi connectivity index (χ2v) is 4.18. The minimum absolute atomic E-state index is 0.444. The van der Waals surface area contributed by atoms with Gasteiger partial charge in [-0.05, 0) is 20.8 Å². The molecule has 0 bridgehead atoms. The molecule has 0 aliphatic heterocycles.